The first kappa shape index (κ1) is 18.0. The molecule has 1 aromatic heterocycles. The fraction of sp³-hybridized carbons (Fsp3) is 0.133. The Morgan fingerprint density at radius 3 is 2.46 bits per heavy atom. The highest BCUT2D eigenvalue weighted by Gasteiger charge is 2.11. The molecule has 0 atom stereocenters. The van der Waals surface area contributed by atoms with Gasteiger partial charge in [0.2, 0.25) is 0 Å². The molecule has 0 radical (unpaired) electrons. The fourth-order valence-electron chi connectivity index (χ4n) is 1.87. The molecule has 9 heteroatoms. The quantitative estimate of drug-likeness (QED) is 0.703. The molecule has 6 nitrogen and oxygen atoms in total. The van der Waals surface area contributed by atoms with Crippen LogP contribution in [0.15, 0.2) is 30.3 Å². The topological polar surface area (TPSA) is 91.3 Å². The number of hydrogen-bond donors (Lipinski definition) is 3. The average Bonchev–Trinajstić information content (AvgIpc) is 2.53. The molecule has 2 rings (SSSR count). The predicted molar refractivity (Wildman–Crippen MR) is 86.7 cm³/mol. The first-order chi connectivity index (χ1) is 11.3. The van der Waals surface area contributed by atoms with Gasteiger partial charge in [-0.15, -0.1) is 0 Å². The summed E-state index contributed by atoms with van der Waals surface area (Å²) in [7, 11) is 0. The number of rotatable bonds is 5. The van der Waals surface area contributed by atoms with E-state index >= 15 is 0 Å². The highest BCUT2D eigenvalue weighted by Crippen LogP contribution is 2.16. The Labute approximate surface area is 146 Å². The summed E-state index contributed by atoms with van der Waals surface area (Å²) in [5.74, 6) is -1.10. The number of nitrogens with zero attached hydrogens (tertiary/aromatic N) is 1. The Bertz CT molecular complexity index is 787. The minimum absolute atomic E-state index is 0.00263. The van der Waals surface area contributed by atoms with Gasteiger partial charge >= 0.3 is 6.09 Å². The number of benzene rings is 1. The van der Waals surface area contributed by atoms with Crippen LogP contribution in [0.25, 0.3) is 0 Å². The van der Waals surface area contributed by atoms with Crippen LogP contribution in [0.4, 0.5) is 9.18 Å². The third-order valence-electron chi connectivity index (χ3n) is 2.97. The zero-order valence-corrected chi connectivity index (χ0v) is 13.7. The van der Waals surface area contributed by atoms with Gasteiger partial charge in [-0.25, -0.2) is 14.2 Å². The number of pyridine rings is 1. The summed E-state index contributed by atoms with van der Waals surface area (Å²) in [4.78, 5) is 26.5. The van der Waals surface area contributed by atoms with E-state index in [1.165, 1.54) is 24.3 Å². The van der Waals surface area contributed by atoms with Gasteiger partial charge in [-0.05, 0) is 35.4 Å². The minimum Gasteiger partial charge on any atom is -0.465 e. The normalized spacial score (nSPS) is 10.3. The number of amides is 2. The van der Waals surface area contributed by atoms with Crippen LogP contribution < -0.4 is 10.6 Å². The minimum atomic E-state index is -1.20. The van der Waals surface area contributed by atoms with E-state index in [0.717, 1.165) is 0 Å². The monoisotopic (exact) mass is 371 g/mol. The number of nitrogens with one attached hydrogen (secondary N) is 2. The van der Waals surface area contributed by atoms with Gasteiger partial charge in [-0.3, -0.25) is 4.79 Å². The van der Waals surface area contributed by atoms with Gasteiger partial charge in [0, 0.05) is 13.1 Å². The van der Waals surface area contributed by atoms with Crippen molar-refractivity contribution < 1.29 is 19.1 Å². The molecular formula is C15H12Cl2FN3O3. The Balaban J connectivity index is 2.05. The third kappa shape index (κ3) is 5.07. The SMILES string of the molecule is O=C(O)NCc1cc(Cl)nc(C(=O)NCc2ccc(Cl)c(F)c2)c1. The van der Waals surface area contributed by atoms with Crippen molar-refractivity contribution in [3.05, 3.63) is 63.1 Å². The summed E-state index contributed by atoms with van der Waals surface area (Å²) in [6.45, 7) is 0.0596. The molecule has 3 N–H and O–H groups in total. The summed E-state index contributed by atoms with van der Waals surface area (Å²) in [6, 6.07) is 7.06. The van der Waals surface area contributed by atoms with Crippen molar-refractivity contribution in [2.45, 2.75) is 13.1 Å². The maximum atomic E-state index is 13.4. The lowest BCUT2D eigenvalue weighted by Gasteiger charge is -2.08. The number of carbonyl (C=O) groups is 2. The molecule has 0 saturated heterocycles. The second-order valence-electron chi connectivity index (χ2n) is 4.77. The molecule has 0 fully saturated rings. The van der Waals surface area contributed by atoms with Gasteiger partial charge in [0.1, 0.15) is 16.7 Å². The number of carbonyl (C=O) groups excluding carboxylic acids is 1. The van der Waals surface area contributed by atoms with Crippen LogP contribution in [0.3, 0.4) is 0 Å². The average molecular weight is 372 g/mol. The smallest absolute Gasteiger partial charge is 0.404 e. The first-order valence-electron chi connectivity index (χ1n) is 6.70. The summed E-state index contributed by atoms with van der Waals surface area (Å²) >= 11 is 11.4. The first-order valence-corrected chi connectivity index (χ1v) is 7.46. The highest BCUT2D eigenvalue weighted by atomic mass is 35.5. The molecule has 1 heterocycles. The number of hydrogen-bond acceptors (Lipinski definition) is 3. The largest absolute Gasteiger partial charge is 0.465 e. The van der Waals surface area contributed by atoms with Crippen molar-refractivity contribution in [3.63, 3.8) is 0 Å². The van der Waals surface area contributed by atoms with E-state index in [2.05, 4.69) is 15.6 Å². The fourth-order valence-corrected chi connectivity index (χ4v) is 2.22. The number of aromatic nitrogens is 1. The van der Waals surface area contributed by atoms with Crippen LogP contribution in [0.5, 0.6) is 0 Å². The Morgan fingerprint density at radius 2 is 1.79 bits per heavy atom. The Morgan fingerprint density at radius 1 is 1.08 bits per heavy atom. The van der Waals surface area contributed by atoms with E-state index in [0.29, 0.717) is 11.1 Å². The Hall–Kier alpha value is -2.38. The van der Waals surface area contributed by atoms with Crippen LogP contribution in [0.2, 0.25) is 10.2 Å². The van der Waals surface area contributed by atoms with Gasteiger partial charge < -0.3 is 15.7 Å². The van der Waals surface area contributed by atoms with Gasteiger partial charge in [0.05, 0.1) is 5.02 Å². The predicted octanol–water partition coefficient (Wildman–Crippen LogP) is 3.23. The van der Waals surface area contributed by atoms with Crippen LogP contribution in [0.1, 0.15) is 21.6 Å². The summed E-state index contributed by atoms with van der Waals surface area (Å²) < 4.78 is 13.4. The molecule has 0 spiro atoms. The second kappa shape index (κ2) is 7.94. The Kier molecular flexibility index (Phi) is 5.94. The zero-order chi connectivity index (χ0) is 17.7. The second-order valence-corrected chi connectivity index (χ2v) is 5.57. The van der Waals surface area contributed by atoms with E-state index in [1.807, 2.05) is 0 Å². The van der Waals surface area contributed by atoms with Crippen molar-refractivity contribution in [3.8, 4) is 0 Å². The van der Waals surface area contributed by atoms with Crippen molar-refractivity contribution >= 4 is 35.2 Å². The van der Waals surface area contributed by atoms with Crippen molar-refractivity contribution in [1.82, 2.24) is 15.6 Å². The van der Waals surface area contributed by atoms with Crippen molar-refractivity contribution in [2.75, 3.05) is 0 Å². The standard InChI is InChI=1S/C15H12Cl2FN3O3/c16-10-2-1-8(3-11(10)18)6-19-14(22)12-4-9(5-13(17)21-12)7-20-15(23)24/h1-5,20H,6-7H2,(H,19,22)(H,23,24). The van der Waals surface area contributed by atoms with Crippen LogP contribution >= 0.6 is 23.2 Å². The summed E-state index contributed by atoms with van der Waals surface area (Å²) in [5.41, 5.74) is 1.04. The summed E-state index contributed by atoms with van der Waals surface area (Å²) in [5, 5.41) is 13.4. The van der Waals surface area contributed by atoms with E-state index in [9.17, 15) is 14.0 Å². The van der Waals surface area contributed by atoms with Gasteiger partial charge in [0.25, 0.3) is 5.91 Å². The summed E-state index contributed by atoms with van der Waals surface area (Å²) in [6.07, 6.45) is -1.20. The van der Waals surface area contributed by atoms with Gasteiger partial charge in [-0.2, -0.15) is 0 Å². The van der Waals surface area contributed by atoms with Crippen molar-refractivity contribution in [1.29, 1.82) is 0 Å². The van der Waals surface area contributed by atoms with Crippen LogP contribution in [-0.4, -0.2) is 22.1 Å². The van der Waals surface area contributed by atoms with E-state index in [1.54, 1.807) is 6.07 Å². The number of halogens is 3. The van der Waals surface area contributed by atoms with E-state index < -0.39 is 17.8 Å². The maximum Gasteiger partial charge on any atom is 0.404 e. The molecule has 0 bridgehead atoms. The van der Waals surface area contributed by atoms with E-state index in [-0.39, 0.29) is 29.0 Å². The zero-order valence-electron chi connectivity index (χ0n) is 12.1. The molecule has 0 aliphatic carbocycles. The lowest BCUT2D eigenvalue weighted by atomic mass is 10.2. The molecule has 2 aromatic rings. The molecule has 126 valence electrons. The molecule has 0 aliphatic rings. The van der Waals surface area contributed by atoms with Crippen LogP contribution in [-0.2, 0) is 13.1 Å². The third-order valence-corrected chi connectivity index (χ3v) is 3.47. The van der Waals surface area contributed by atoms with Gasteiger partial charge in [0.15, 0.2) is 0 Å². The molecule has 0 aliphatic heterocycles. The van der Waals surface area contributed by atoms with Crippen LogP contribution in [0, 0.1) is 5.82 Å². The number of carboxylic acid groups (broad SMARTS) is 1. The molecule has 0 unspecified atom stereocenters. The molecule has 0 saturated carbocycles. The lowest BCUT2D eigenvalue weighted by Crippen LogP contribution is -2.25. The van der Waals surface area contributed by atoms with Gasteiger partial charge in [-0.1, -0.05) is 29.3 Å². The highest BCUT2D eigenvalue weighted by molar-refractivity contribution is 6.30. The molecular weight excluding hydrogens is 360 g/mol. The molecule has 24 heavy (non-hydrogen) atoms. The van der Waals surface area contributed by atoms with Crippen molar-refractivity contribution in [2.24, 2.45) is 0 Å². The molecule has 1 aromatic carbocycles. The van der Waals surface area contributed by atoms with E-state index in [4.69, 9.17) is 28.3 Å². The molecule has 2 amide bonds. The maximum absolute atomic E-state index is 13.4. The lowest BCUT2D eigenvalue weighted by molar-refractivity contribution is 0.0945.